The first-order chi connectivity index (χ1) is 5.29. The summed E-state index contributed by atoms with van der Waals surface area (Å²) in [4.78, 5) is 7.46. The molecule has 3 N–H and O–H groups in total. The second kappa shape index (κ2) is 3.36. The smallest absolute Gasteiger partial charge is 0.200 e. The minimum absolute atomic E-state index is 0.232. The first kappa shape index (κ1) is 8.03. The monoisotopic (exact) mass is 174 g/mol. The summed E-state index contributed by atoms with van der Waals surface area (Å²) in [6.45, 7) is 0. The molecule has 60 valence electrons. The fourth-order valence-electron chi connectivity index (χ4n) is 0.636. The minimum atomic E-state index is 0.232. The van der Waals surface area contributed by atoms with Gasteiger partial charge in [-0.15, -0.1) is 0 Å². The maximum absolute atomic E-state index is 5.64. The number of anilines is 1. The third-order valence-corrected chi connectivity index (χ3v) is 1.37. The highest BCUT2D eigenvalue weighted by Gasteiger charge is 2.07. The summed E-state index contributed by atoms with van der Waals surface area (Å²) in [5.74, 6) is 5.83. The van der Waals surface area contributed by atoms with Gasteiger partial charge < -0.3 is 10.2 Å². The fourth-order valence-corrected chi connectivity index (χ4v) is 0.846. The Bertz CT molecular complexity index is 254. The second-order valence-corrected chi connectivity index (χ2v) is 2.05. The minimum Gasteiger partial charge on any atom is -0.490 e. The normalized spacial score (nSPS) is 9.36. The number of hydrazine groups is 1. The molecule has 11 heavy (non-hydrogen) atoms. The molecule has 0 saturated carbocycles. The third kappa shape index (κ3) is 1.50. The molecule has 0 aliphatic heterocycles. The topological polar surface area (TPSA) is 73.1 Å². The molecule has 1 aromatic heterocycles. The van der Waals surface area contributed by atoms with Gasteiger partial charge in [-0.05, 0) is 0 Å². The highest BCUT2D eigenvalue weighted by atomic mass is 35.5. The Morgan fingerprint density at radius 3 is 2.82 bits per heavy atom. The number of methoxy groups -OCH3 is 1. The van der Waals surface area contributed by atoms with Crippen molar-refractivity contribution in [1.29, 1.82) is 0 Å². The van der Waals surface area contributed by atoms with Crippen LogP contribution in [0.5, 0.6) is 5.75 Å². The number of nitrogens with two attached hydrogens (primary N) is 1. The molecule has 0 amide bonds. The molecule has 0 spiro atoms. The molecule has 0 unspecified atom stereocenters. The number of aromatic nitrogens is 2. The van der Waals surface area contributed by atoms with E-state index in [2.05, 4.69) is 15.4 Å². The Kier molecular flexibility index (Phi) is 2.45. The van der Waals surface area contributed by atoms with Gasteiger partial charge in [0, 0.05) is 0 Å². The molecule has 0 bridgehead atoms. The van der Waals surface area contributed by atoms with Gasteiger partial charge in [-0.2, -0.15) is 0 Å². The molecule has 0 aliphatic carbocycles. The average molecular weight is 175 g/mol. The first-order valence-corrected chi connectivity index (χ1v) is 3.18. The molecular weight excluding hydrogens is 168 g/mol. The molecule has 0 saturated heterocycles. The summed E-state index contributed by atoms with van der Waals surface area (Å²) in [6, 6.07) is 0. The maximum atomic E-state index is 5.64. The van der Waals surface area contributed by atoms with Crippen molar-refractivity contribution in [3.8, 4) is 5.75 Å². The van der Waals surface area contributed by atoms with E-state index in [9.17, 15) is 0 Å². The van der Waals surface area contributed by atoms with Crippen molar-refractivity contribution in [2.75, 3.05) is 12.5 Å². The largest absolute Gasteiger partial charge is 0.490 e. The maximum Gasteiger partial charge on any atom is 0.200 e. The predicted octanol–water partition coefficient (Wildman–Crippen LogP) is 0.424. The summed E-state index contributed by atoms with van der Waals surface area (Å²) >= 11 is 5.64. The van der Waals surface area contributed by atoms with Crippen LogP contribution in [0.1, 0.15) is 0 Å². The predicted molar refractivity (Wildman–Crippen MR) is 41.4 cm³/mol. The lowest BCUT2D eigenvalue weighted by Crippen LogP contribution is -2.10. The Morgan fingerprint density at radius 2 is 2.36 bits per heavy atom. The number of nitrogen functional groups attached to an aromatic ring is 1. The molecule has 0 aliphatic rings. The molecule has 0 fully saturated rings. The van der Waals surface area contributed by atoms with Gasteiger partial charge in [0.25, 0.3) is 0 Å². The van der Waals surface area contributed by atoms with Crippen molar-refractivity contribution in [1.82, 2.24) is 9.97 Å². The lowest BCUT2D eigenvalue weighted by Gasteiger charge is -2.05. The summed E-state index contributed by atoms with van der Waals surface area (Å²) in [5, 5.41) is 0.232. The first-order valence-electron chi connectivity index (χ1n) is 2.80. The van der Waals surface area contributed by atoms with Gasteiger partial charge in [-0.3, -0.25) is 0 Å². The second-order valence-electron chi connectivity index (χ2n) is 1.69. The SMILES string of the molecule is COc1c(Cl)ncnc1NN. The van der Waals surface area contributed by atoms with Gasteiger partial charge >= 0.3 is 0 Å². The molecular formula is C5H7ClN4O. The van der Waals surface area contributed by atoms with E-state index in [4.69, 9.17) is 22.2 Å². The molecule has 0 radical (unpaired) electrons. The molecule has 5 nitrogen and oxygen atoms in total. The van der Waals surface area contributed by atoms with Crippen molar-refractivity contribution >= 4 is 17.4 Å². The average Bonchev–Trinajstić information content (AvgIpc) is 2.04. The number of halogens is 1. The highest BCUT2D eigenvalue weighted by Crippen LogP contribution is 2.27. The molecule has 6 heteroatoms. The van der Waals surface area contributed by atoms with Crippen molar-refractivity contribution in [3.63, 3.8) is 0 Å². The van der Waals surface area contributed by atoms with E-state index in [-0.39, 0.29) is 5.15 Å². The van der Waals surface area contributed by atoms with Crippen LogP contribution in [0.25, 0.3) is 0 Å². The fraction of sp³-hybridized carbons (Fsp3) is 0.200. The van der Waals surface area contributed by atoms with E-state index >= 15 is 0 Å². The van der Waals surface area contributed by atoms with Crippen molar-refractivity contribution in [2.45, 2.75) is 0 Å². The van der Waals surface area contributed by atoms with Gasteiger partial charge in [0.1, 0.15) is 6.33 Å². The van der Waals surface area contributed by atoms with Gasteiger partial charge in [0.15, 0.2) is 16.7 Å². The van der Waals surface area contributed by atoms with Gasteiger partial charge in [-0.1, -0.05) is 11.6 Å². The summed E-state index contributed by atoms with van der Waals surface area (Å²) < 4.78 is 4.87. The van der Waals surface area contributed by atoms with Crippen LogP contribution in [0.3, 0.4) is 0 Å². The number of nitrogens with zero attached hydrogens (tertiary/aromatic N) is 2. The standard InChI is InChI=1S/C5H7ClN4O/c1-11-3-4(6)8-2-9-5(3)10-7/h2H,7H2,1H3,(H,8,9,10). The number of hydrogen-bond donors (Lipinski definition) is 2. The third-order valence-electron chi connectivity index (χ3n) is 1.10. The molecule has 0 aromatic carbocycles. The van der Waals surface area contributed by atoms with Gasteiger partial charge in [0.2, 0.25) is 0 Å². The Labute approximate surface area is 68.5 Å². The zero-order chi connectivity index (χ0) is 8.27. The van der Waals surface area contributed by atoms with E-state index in [1.165, 1.54) is 13.4 Å². The molecule has 1 rings (SSSR count). The number of hydrogen-bond acceptors (Lipinski definition) is 5. The zero-order valence-electron chi connectivity index (χ0n) is 5.84. The van der Waals surface area contributed by atoms with E-state index < -0.39 is 0 Å². The zero-order valence-corrected chi connectivity index (χ0v) is 6.59. The lowest BCUT2D eigenvalue weighted by atomic mass is 10.5. The van der Waals surface area contributed by atoms with Crippen LogP contribution in [-0.4, -0.2) is 17.1 Å². The Morgan fingerprint density at radius 1 is 1.64 bits per heavy atom. The molecule has 1 aromatic rings. The number of rotatable bonds is 2. The number of ether oxygens (including phenoxy) is 1. The lowest BCUT2D eigenvalue weighted by molar-refractivity contribution is 0.413. The van der Waals surface area contributed by atoms with Crippen LogP contribution in [0.2, 0.25) is 5.15 Å². The number of nitrogens with one attached hydrogen (secondary N) is 1. The summed E-state index contributed by atoms with van der Waals surface area (Å²) in [7, 11) is 1.46. The van der Waals surface area contributed by atoms with Crippen molar-refractivity contribution < 1.29 is 4.74 Å². The molecule has 0 atom stereocenters. The van der Waals surface area contributed by atoms with E-state index in [0.29, 0.717) is 11.6 Å². The quantitative estimate of drug-likeness (QED) is 0.386. The van der Waals surface area contributed by atoms with Crippen LogP contribution in [-0.2, 0) is 0 Å². The van der Waals surface area contributed by atoms with Crippen LogP contribution in [0.4, 0.5) is 5.82 Å². The Balaban J connectivity index is 3.13. The summed E-state index contributed by atoms with van der Waals surface area (Å²) in [5.41, 5.74) is 2.33. The summed E-state index contributed by atoms with van der Waals surface area (Å²) in [6.07, 6.45) is 1.29. The van der Waals surface area contributed by atoms with Crippen LogP contribution >= 0.6 is 11.6 Å². The van der Waals surface area contributed by atoms with Crippen molar-refractivity contribution in [2.24, 2.45) is 5.84 Å². The van der Waals surface area contributed by atoms with Crippen LogP contribution in [0, 0.1) is 0 Å². The van der Waals surface area contributed by atoms with Crippen LogP contribution in [0.15, 0.2) is 6.33 Å². The van der Waals surface area contributed by atoms with E-state index in [1.807, 2.05) is 0 Å². The van der Waals surface area contributed by atoms with Crippen LogP contribution < -0.4 is 16.0 Å². The highest BCUT2D eigenvalue weighted by molar-refractivity contribution is 6.31. The van der Waals surface area contributed by atoms with Gasteiger partial charge in [-0.25, -0.2) is 15.8 Å². The Hall–Kier alpha value is -1.07. The van der Waals surface area contributed by atoms with E-state index in [0.717, 1.165) is 0 Å². The van der Waals surface area contributed by atoms with Gasteiger partial charge in [0.05, 0.1) is 7.11 Å². The van der Waals surface area contributed by atoms with E-state index in [1.54, 1.807) is 0 Å². The van der Waals surface area contributed by atoms with Crippen molar-refractivity contribution in [3.05, 3.63) is 11.5 Å². The molecule has 1 heterocycles.